The Labute approximate surface area is 79.7 Å². The number of ether oxygens (including phenoxy) is 2. The van der Waals surface area contributed by atoms with Gasteiger partial charge in [0.25, 0.3) is 0 Å². The van der Waals surface area contributed by atoms with Gasteiger partial charge < -0.3 is 15.2 Å². The second-order valence-corrected chi connectivity index (χ2v) is 2.98. The van der Waals surface area contributed by atoms with Gasteiger partial charge in [0.1, 0.15) is 12.4 Å². The molecular weight excluding hydrogens is 199 g/mol. The van der Waals surface area contributed by atoms with E-state index in [1.54, 1.807) is 6.08 Å². The summed E-state index contributed by atoms with van der Waals surface area (Å²) in [7, 11) is 0. The van der Waals surface area contributed by atoms with E-state index in [-0.39, 0.29) is 6.61 Å². The zero-order chi connectivity index (χ0) is 10.6. The molecule has 1 aliphatic rings. The van der Waals surface area contributed by atoms with Crippen molar-refractivity contribution in [3.63, 3.8) is 0 Å². The summed E-state index contributed by atoms with van der Waals surface area (Å²) in [5, 5.41) is 0. The van der Waals surface area contributed by atoms with Gasteiger partial charge in [0.05, 0.1) is 19.3 Å². The molecule has 14 heavy (non-hydrogen) atoms. The quantitative estimate of drug-likeness (QED) is 0.759. The van der Waals surface area contributed by atoms with Crippen molar-refractivity contribution in [2.45, 2.75) is 18.6 Å². The van der Waals surface area contributed by atoms with Crippen LogP contribution in [0.4, 0.5) is 13.2 Å². The molecule has 0 aromatic carbocycles. The second-order valence-electron chi connectivity index (χ2n) is 2.98. The SMILES string of the molecule is NC(COCC(F)(F)F)C1=CCCO1. The van der Waals surface area contributed by atoms with Crippen molar-refractivity contribution in [3.8, 4) is 0 Å². The third-order valence-corrected chi connectivity index (χ3v) is 1.66. The van der Waals surface area contributed by atoms with Crippen LogP contribution in [0.15, 0.2) is 11.8 Å². The molecule has 6 heteroatoms. The first-order valence-electron chi connectivity index (χ1n) is 4.22. The lowest BCUT2D eigenvalue weighted by Crippen LogP contribution is -2.31. The monoisotopic (exact) mass is 211 g/mol. The molecule has 0 aromatic heterocycles. The molecule has 0 radical (unpaired) electrons. The Morgan fingerprint density at radius 1 is 1.57 bits per heavy atom. The summed E-state index contributed by atoms with van der Waals surface area (Å²) in [6.07, 6.45) is -1.78. The minimum atomic E-state index is -4.30. The normalized spacial score (nSPS) is 19.0. The van der Waals surface area contributed by atoms with Gasteiger partial charge in [-0.2, -0.15) is 13.2 Å². The van der Waals surface area contributed by atoms with Crippen LogP contribution in [0.1, 0.15) is 6.42 Å². The van der Waals surface area contributed by atoms with E-state index in [1.807, 2.05) is 0 Å². The van der Waals surface area contributed by atoms with Crippen LogP contribution in [0.25, 0.3) is 0 Å². The summed E-state index contributed by atoms with van der Waals surface area (Å²) < 4.78 is 44.5. The molecule has 1 heterocycles. The maximum atomic E-state index is 11.7. The molecule has 0 amide bonds. The molecule has 0 aromatic rings. The van der Waals surface area contributed by atoms with E-state index in [2.05, 4.69) is 4.74 Å². The molecule has 2 N–H and O–H groups in total. The first kappa shape index (κ1) is 11.3. The van der Waals surface area contributed by atoms with Gasteiger partial charge in [-0.3, -0.25) is 0 Å². The fraction of sp³-hybridized carbons (Fsp3) is 0.750. The van der Waals surface area contributed by atoms with Crippen molar-refractivity contribution in [1.82, 2.24) is 0 Å². The van der Waals surface area contributed by atoms with Gasteiger partial charge in [-0.1, -0.05) is 0 Å². The number of hydrogen-bond donors (Lipinski definition) is 1. The van der Waals surface area contributed by atoms with Gasteiger partial charge in [0, 0.05) is 6.42 Å². The van der Waals surface area contributed by atoms with Gasteiger partial charge in [-0.15, -0.1) is 0 Å². The van der Waals surface area contributed by atoms with E-state index in [0.29, 0.717) is 12.4 Å². The highest BCUT2D eigenvalue weighted by atomic mass is 19.4. The smallest absolute Gasteiger partial charge is 0.411 e. The van der Waals surface area contributed by atoms with Crippen molar-refractivity contribution in [3.05, 3.63) is 11.8 Å². The van der Waals surface area contributed by atoms with Crippen LogP contribution in [0.3, 0.4) is 0 Å². The first-order chi connectivity index (χ1) is 6.49. The third-order valence-electron chi connectivity index (χ3n) is 1.66. The Morgan fingerprint density at radius 2 is 2.29 bits per heavy atom. The fourth-order valence-electron chi connectivity index (χ4n) is 1.08. The summed E-state index contributed by atoms with van der Waals surface area (Å²) in [6, 6.07) is -0.597. The number of alkyl halides is 3. The van der Waals surface area contributed by atoms with E-state index >= 15 is 0 Å². The zero-order valence-electron chi connectivity index (χ0n) is 7.51. The van der Waals surface area contributed by atoms with E-state index in [4.69, 9.17) is 10.5 Å². The summed E-state index contributed by atoms with van der Waals surface area (Å²) in [6.45, 7) is -0.901. The van der Waals surface area contributed by atoms with Crippen molar-refractivity contribution in [2.75, 3.05) is 19.8 Å². The average molecular weight is 211 g/mol. The van der Waals surface area contributed by atoms with Gasteiger partial charge >= 0.3 is 6.18 Å². The zero-order valence-corrected chi connectivity index (χ0v) is 7.51. The molecule has 0 bridgehead atoms. The second kappa shape index (κ2) is 4.65. The molecule has 1 unspecified atom stereocenters. The number of halogens is 3. The standard InChI is InChI=1S/C8H12F3NO2/c9-8(10,11)5-13-4-6(12)7-2-1-3-14-7/h2,6H,1,3-5,12H2. The highest BCUT2D eigenvalue weighted by molar-refractivity contribution is 5.05. The third kappa shape index (κ3) is 3.97. The summed E-state index contributed by atoms with van der Waals surface area (Å²) in [5.74, 6) is 0.521. The maximum Gasteiger partial charge on any atom is 0.411 e. The molecule has 0 saturated heterocycles. The van der Waals surface area contributed by atoms with Crippen molar-refractivity contribution >= 4 is 0 Å². The molecule has 0 aliphatic carbocycles. The summed E-state index contributed by atoms with van der Waals surface area (Å²) in [4.78, 5) is 0. The number of rotatable bonds is 4. The topological polar surface area (TPSA) is 44.5 Å². The van der Waals surface area contributed by atoms with E-state index in [1.165, 1.54) is 0 Å². The molecule has 0 saturated carbocycles. The van der Waals surface area contributed by atoms with Crippen molar-refractivity contribution in [1.29, 1.82) is 0 Å². The van der Waals surface area contributed by atoms with Crippen LogP contribution in [0.2, 0.25) is 0 Å². The Kier molecular flexibility index (Phi) is 3.77. The van der Waals surface area contributed by atoms with Crippen LogP contribution in [0, 0.1) is 0 Å². The van der Waals surface area contributed by atoms with E-state index in [0.717, 1.165) is 6.42 Å². The van der Waals surface area contributed by atoms with Crippen LogP contribution >= 0.6 is 0 Å². The van der Waals surface area contributed by atoms with Crippen LogP contribution < -0.4 is 5.73 Å². The van der Waals surface area contributed by atoms with Crippen LogP contribution in [0.5, 0.6) is 0 Å². The van der Waals surface area contributed by atoms with Crippen LogP contribution in [-0.4, -0.2) is 32.0 Å². The van der Waals surface area contributed by atoms with E-state index in [9.17, 15) is 13.2 Å². The van der Waals surface area contributed by atoms with Crippen LogP contribution in [-0.2, 0) is 9.47 Å². The molecule has 0 fully saturated rings. The fourth-order valence-corrected chi connectivity index (χ4v) is 1.08. The summed E-state index contributed by atoms with van der Waals surface area (Å²) in [5.41, 5.74) is 5.52. The molecule has 82 valence electrons. The maximum absolute atomic E-state index is 11.7. The Balaban J connectivity index is 2.18. The molecule has 1 atom stereocenters. The van der Waals surface area contributed by atoms with Gasteiger partial charge in [0.15, 0.2) is 0 Å². The van der Waals surface area contributed by atoms with E-state index < -0.39 is 18.8 Å². The molecular formula is C8H12F3NO2. The number of hydrogen-bond acceptors (Lipinski definition) is 3. The van der Waals surface area contributed by atoms with Crippen molar-refractivity contribution < 1.29 is 22.6 Å². The largest absolute Gasteiger partial charge is 0.496 e. The highest BCUT2D eigenvalue weighted by Crippen LogP contribution is 2.16. The highest BCUT2D eigenvalue weighted by Gasteiger charge is 2.28. The number of nitrogens with two attached hydrogens (primary N) is 1. The lowest BCUT2D eigenvalue weighted by Gasteiger charge is -2.14. The van der Waals surface area contributed by atoms with Gasteiger partial charge in [0.2, 0.25) is 0 Å². The summed E-state index contributed by atoms with van der Waals surface area (Å²) >= 11 is 0. The average Bonchev–Trinajstić information content (AvgIpc) is 2.53. The molecule has 0 spiro atoms. The minimum absolute atomic E-state index is 0.175. The predicted octanol–water partition coefficient (Wildman–Crippen LogP) is 1.20. The lowest BCUT2D eigenvalue weighted by molar-refractivity contribution is -0.174. The lowest BCUT2D eigenvalue weighted by atomic mass is 10.2. The first-order valence-corrected chi connectivity index (χ1v) is 4.22. The van der Waals surface area contributed by atoms with Gasteiger partial charge in [-0.25, -0.2) is 0 Å². The Bertz CT molecular complexity index is 215. The Hall–Kier alpha value is -0.750. The molecule has 3 nitrogen and oxygen atoms in total. The Morgan fingerprint density at radius 3 is 2.79 bits per heavy atom. The minimum Gasteiger partial charge on any atom is -0.496 e. The molecule has 1 rings (SSSR count). The van der Waals surface area contributed by atoms with Gasteiger partial charge in [-0.05, 0) is 6.08 Å². The predicted molar refractivity (Wildman–Crippen MR) is 43.5 cm³/mol. The molecule has 1 aliphatic heterocycles. The van der Waals surface area contributed by atoms with Crippen molar-refractivity contribution in [2.24, 2.45) is 5.73 Å².